The van der Waals surface area contributed by atoms with Crippen LogP contribution < -0.4 is 10.1 Å². The number of nitrogens with one attached hydrogen (secondary N) is 1. The van der Waals surface area contributed by atoms with Gasteiger partial charge in [-0.2, -0.15) is 0 Å². The second kappa shape index (κ2) is 8.06. The maximum absolute atomic E-state index is 13.7. The quantitative estimate of drug-likeness (QED) is 0.701. The minimum Gasteiger partial charge on any atom is -0.490 e. The summed E-state index contributed by atoms with van der Waals surface area (Å²) in [5, 5.41) is 12.1. The fourth-order valence-corrected chi connectivity index (χ4v) is 1.47. The number of aliphatic hydroxyl groups excluding tert-OH is 1. The largest absolute Gasteiger partial charge is 0.490 e. The topological polar surface area (TPSA) is 41.5 Å². The Morgan fingerprint density at radius 1 is 1.44 bits per heavy atom. The highest BCUT2D eigenvalue weighted by molar-refractivity contribution is 5.29. The number of aliphatic hydroxyl groups is 1. The minimum atomic E-state index is -0.351. The average molecular weight is 255 g/mol. The van der Waals surface area contributed by atoms with Crippen molar-refractivity contribution in [3.63, 3.8) is 0 Å². The summed E-state index contributed by atoms with van der Waals surface area (Å²) in [5.74, 6) is -0.0965. The molecule has 2 N–H and O–H groups in total. The third kappa shape index (κ3) is 5.02. The van der Waals surface area contributed by atoms with E-state index in [1.807, 2.05) is 13.0 Å². The van der Waals surface area contributed by atoms with Gasteiger partial charge in [-0.3, -0.25) is 0 Å². The van der Waals surface area contributed by atoms with Crippen molar-refractivity contribution in [1.29, 1.82) is 0 Å². The highest BCUT2D eigenvalue weighted by Crippen LogP contribution is 2.19. The molecule has 1 unspecified atom stereocenters. The monoisotopic (exact) mass is 255 g/mol. The van der Waals surface area contributed by atoms with Crippen molar-refractivity contribution in [1.82, 2.24) is 5.32 Å². The van der Waals surface area contributed by atoms with Crippen LogP contribution in [0.1, 0.15) is 25.8 Å². The molecule has 0 heterocycles. The molecule has 0 fully saturated rings. The Morgan fingerprint density at radius 2 is 2.22 bits per heavy atom. The number of hydrogen-bond acceptors (Lipinski definition) is 3. The van der Waals surface area contributed by atoms with Gasteiger partial charge in [-0.15, -0.1) is 0 Å². The molecule has 0 aliphatic heterocycles. The lowest BCUT2D eigenvalue weighted by Crippen LogP contribution is -2.14. The van der Waals surface area contributed by atoms with E-state index in [1.165, 1.54) is 6.07 Å². The highest BCUT2D eigenvalue weighted by atomic mass is 19.1. The van der Waals surface area contributed by atoms with Crippen molar-refractivity contribution in [2.24, 2.45) is 5.92 Å². The summed E-state index contributed by atoms with van der Waals surface area (Å²) in [4.78, 5) is 0. The van der Waals surface area contributed by atoms with Crippen LogP contribution in [-0.4, -0.2) is 24.9 Å². The standard InChI is InChI=1S/C14H22FNO2/c1-3-6-16-8-12-4-5-14(13(15)7-12)18-10-11(2)9-17/h4-5,7,11,16-17H,3,6,8-10H2,1-2H3. The molecule has 0 aliphatic carbocycles. The fourth-order valence-electron chi connectivity index (χ4n) is 1.47. The van der Waals surface area contributed by atoms with Crippen LogP contribution in [0.2, 0.25) is 0 Å². The van der Waals surface area contributed by atoms with Crippen molar-refractivity contribution in [3.05, 3.63) is 29.6 Å². The van der Waals surface area contributed by atoms with Crippen LogP contribution in [0.4, 0.5) is 4.39 Å². The molecule has 0 saturated carbocycles. The molecular formula is C14H22FNO2. The van der Waals surface area contributed by atoms with Gasteiger partial charge in [0.25, 0.3) is 0 Å². The van der Waals surface area contributed by atoms with Crippen molar-refractivity contribution >= 4 is 0 Å². The summed E-state index contributed by atoms with van der Waals surface area (Å²) in [6, 6.07) is 4.98. The molecule has 4 heteroatoms. The van der Waals surface area contributed by atoms with Gasteiger partial charge in [0, 0.05) is 19.1 Å². The summed E-state index contributed by atoms with van der Waals surface area (Å²) >= 11 is 0. The average Bonchev–Trinajstić information content (AvgIpc) is 2.37. The van der Waals surface area contributed by atoms with Crippen LogP contribution in [0.5, 0.6) is 5.75 Å². The lowest BCUT2D eigenvalue weighted by Gasteiger charge is -2.12. The molecule has 102 valence electrons. The molecule has 0 aliphatic rings. The van der Waals surface area contributed by atoms with Gasteiger partial charge in [0.05, 0.1) is 6.61 Å². The molecule has 0 radical (unpaired) electrons. The van der Waals surface area contributed by atoms with Crippen LogP contribution in [-0.2, 0) is 6.54 Å². The third-order valence-electron chi connectivity index (χ3n) is 2.59. The SMILES string of the molecule is CCCNCc1ccc(OCC(C)CO)c(F)c1. The number of benzene rings is 1. The molecule has 0 amide bonds. The van der Waals surface area contributed by atoms with E-state index >= 15 is 0 Å². The first-order valence-electron chi connectivity index (χ1n) is 6.40. The van der Waals surface area contributed by atoms with Gasteiger partial charge < -0.3 is 15.2 Å². The summed E-state index contributed by atoms with van der Waals surface area (Å²) < 4.78 is 19.0. The van der Waals surface area contributed by atoms with Crippen molar-refractivity contribution in [2.45, 2.75) is 26.8 Å². The normalized spacial score (nSPS) is 12.4. The zero-order chi connectivity index (χ0) is 13.4. The predicted molar refractivity (Wildman–Crippen MR) is 70.1 cm³/mol. The molecule has 18 heavy (non-hydrogen) atoms. The Balaban J connectivity index is 2.51. The van der Waals surface area contributed by atoms with Gasteiger partial charge >= 0.3 is 0 Å². The van der Waals surface area contributed by atoms with Gasteiger partial charge in [-0.05, 0) is 30.7 Å². The minimum absolute atomic E-state index is 0.00953. The van der Waals surface area contributed by atoms with E-state index in [0.717, 1.165) is 18.5 Å². The Bertz CT molecular complexity index is 358. The van der Waals surface area contributed by atoms with E-state index in [1.54, 1.807) is 6.07 Å². The lowest BCUT2D eigenvalue weighted by atomic mass is 10.2. The lowest BCUT2D eigenvalue weighted by molar-refractivity contribution is 0.171. The van der Waals surface area contributed by atoms with E-state index in [2.05, 4.69) is 12.2 Å². The first-order valence-corrected chi connectivity index (χ1v) is 6.40. The molecule has 1 rings (SSSR count). The molecule has 1 aromatic rings. The Labute approximate surface area is 108 Å². The van der Waals surface area contributed by atoms with Crippen LogP contribution in [0.15, 0.2) is 18.2 Å². The Hall–Kier alpha value is -1.13. The number of ether oxygens (including phenoxy) is 1. The van der Waals surface area contributed by atoms with E-state index in [0.29, 0.717) is 13.2 Å². The molecular weight excluding hydrogens is 233 g/mol. The van der Waals surface area contributed by atoms with Crippen molar-refractivity contribution in [3.8, 4) is 5.75 Å². The first-order chi connectivity index (χ1) is 8.67. The zero-order valence-corrected chi connectivity index (χ0v) is 11.1. The van der Waals surface area contributed by atoms with Crippen LogP contribution in [0.25, 0.3) is 0 Å². The number of hydrogen-bond donors (Lipinski definition) is 2. The molecule has 1 atom stereocenters. The molecule has 0 aromatic heterocycles. The van der Waals surface area contributed by atoms with Gasteiger partial charge in [0.2, 0.25) is 0 Å². The van der Waals surface area contributed by atoms with Crippen LogP contribution >= 0.6 is 0 Å². The van der Waals surface area contributed by atoms with Gasteiger partial charge in [-0.1, -0.05) is 19.9 Å². The predicted octanol–water partition coefficient (Wildman–Crippen LogP) is 2.33. The summed E-state index contributed by atoms with van der Waals surface area (Å²) in [5.41, 5.74) is 0.906. The maximum Gasteiger partial charge on any atom is 0.165 e. The second-order valence-corrected chi connectivity index (χ2v) is 4.54. The summed E-state index contributed by atoms with van der Waals surface area (Å²) in [6.07, 6.45) is 1.06. The molecule has 1 aromatic carbocycles. The zero-order valence-electron chi connectivity index (χ0n) is 11.1. The van der Waals surface area contributed by atoms with E-state index in [-0.39, 0.29) is 24.1 Å². The molecule has 0 saturated heterocycles. The van der Waals surface area contributed by atoms with Gasteiger partial charge in [0.1, 0.15) is 0 Å². The number of rotatable bonds is 8. The Kier molecular flexibility index (Phi) is 6.68. The summed E-state index contributed by atoms with van der Waals surface area (Å²) in [6.45, 7) is 5.89. The fraction of sp³-hybridized carbons (Fsp3) is 0.571. The second-order valence-electron chi connectivity index (χ2n) is 4.54. The third-order valence-corrected chi connectivity index (χ3v) is 2.59. The molecule has 0 bridgehead atoms. The smallest absolute Gasteiger partial charge is 0.165 e. The van der Waals surface area contributed by atoms with Crippen molar-refractivity contribution in [2.75, 3.05) is 19.8 Å². The van der Waals surface area contributed by atoms with Crippen LogP contribution in [0, 0.1) is 11.7 Å². The van der Waals surface area contributed by atoms with Crippen LogP contribution in [0.3, 0.4) is 0 Å². The van der Waals surface area contributed by atoms with E-state index < -0.39 is 0 Å². The number of halogens is 1. The Morgan fingerprint density at radius 3 is 2.83 bits per heavy atom. The van der Waals surface area contributed by atoms with E-state index in [4.69, 9.17) is 9.84 Å². The highest BCUT2D eigenvalue weighted by Gasteiger charge is 2.07. The molecule has 3 nitrogen and oxygen atoms in total. The maximum atomic E-state index is 13.7. The van der Waals surface area contributed by atoms with Gasteiger partial charge in [0.15, 0.2) is 11.6 Å². The molecule has 0 spiro atoms. The van der Waals surface area contributed by atoms with Gasteiger partial charge in [-0.25, -0.2) is 4.39 Å². The first kappa shape index (κ1) is 14.9. The summed E-state index contributed by atoms with van der Waals surface area (Å²) in [7, 11) is 0. The van der Waals surface area contributed by atoms with Crippen molar-refractivity contribution < 1.29 is 14.2 Å². The van der Waals surface area contributed by atoms with E-state index in [9.17, 15) is 4.39 Å².